The highest BCUT2D eigenvalue weighted by molar-refractivity contribution is 7.17. The van der Waals surface area contributed by atoms with Crippen LogP contribution < -0.4 is 5.32 Å². The molecule has 26 heavy (non-hydrogen) atoms. The van der Waals surface area contributed by atoms with Crippen LogP contribution in [0.1, 0.15) is 35.5 Å². The number of thiophene rings is 1. The standard InChI is InChI=1S/C18H20N2O5S/c1-12(8-9-14-6-4-3-5-7-14)19-17(21)13(2)25-18(22)15-10-11-16(26-15)20(23)24/h3-7,10-13H,8-9H2,1-2H3,(H,19,21)/t12-,13+/m1/s1. The number of nitrogens with one attached hydrogen (secondary N) is 1. The number of nitro groups is 1. The summed E-state index contributed by atoms with van der Waals surface area (Å²) in [7, 11) is 0. The molecule has 0 aliphatic carbocycles. The van der Waals surface area contributed by atoms with Gasteiger partial charge in [0.2, 0.25) is 0 Å². The van der Waals surface area contributed by atoms with Crippen molar-refractivity contribution in [1.82, 2.24) is 5.32 Å². The van der Waals surface area contributed by atoms with Crippen molar-refractivity contribution in [2.75, 3.05) is 0 Å². The van der Waals surface area contributed by atoms with E-state index in [4.69, 9.17) is 4.74 Å². The maximum absolute atomic E-state index is 12.2. The van der Waals surface area contributed by atoms with Crippen molar-refractivity contribution in [3.05, 3.63) is 63.0 Å². The lowest BCUT2D eigenvalue weighted by atomic mass is 10.1. The highest BCUT2D eigenvalue weighted by atomic mass is 32.1. The van der Waals surface area contributed by atoms with E-state index in [-0.39, 0.29) is 15.9 Å². The summed E-state index contributed by atoms with van der Waals surface area (Å²) in [6.45, 7) is 3.36. The molecule has 2 rings (SSSR count). The molecule has 0 unspecified atom stereocenters. The van der Waals surface area contributed by atoms with Crippen molar-refractivity contribution < 1.29 is 19.2 Å². The van der Waals surface area contributed by atoms with E-state index in [9.17, 15) is 19.7 Å². The topological polar surface area (TPSA) is 98.5 Å². The first kappa shape index (κ1) is 19.6. The van der Waals surface area contributed by atoms with Crippen LogP contribution in [0, 0.1) is 10.1 Å². The molecule has 1 aromatic heterocycles. The largest absolute Gasteiger partial charge is 0.448 e. The van der Waals surface area contributed by atoms with Gasteiger partial charge in [0.05, 0.1) is 4.92 Å². The van der Waals surface area contributed by atoms with E-state index in [2.05, 4.69) is 5.32 Å². The van der Waals surface area contributed by atoms with Gasteiger partial charge in [-0.05, 0) is 38.3 Å². The van der Waals surface area contributed by atoms with Crippen LogP contribution >= 0.6 is 11.3 Å². The highest BCUT2D eigenvalue weighted by Crippen LogP contribution is 2.24. The van der Waals surface area contributed by atoms with Crippen molar-refractivity contribution >= 4 is 28.2 Å². The maximum Gasteiger partial charge on any atom is 0.349 e. The Kier molecular flexibility index (Phi) is 6.85. The SMILES string of the molecule is C[C@H](CCc1ccccc1)NC(=O)[C@H](C)OC(=O)c1ccc([N+](=O)[O-])s1. The molecule has 1 heterocycles. The van der Waals surface area contributed by atoms with E-state index in [1.807, 2.05) is 37.3 Å². The van der Waals surface area contributed by atoms with E-state index in [0.717, 1.165) is 24.2 Å². The molecule has 0 spiro atoms. The Morgan fingerprint density at radius 2 is 1.88 bits per heavy atom. The average Bonchev–Trinajstić information content (AvgIpc) is 3.11. The van der Waals surface area contributed by atoms with Crippen LogP contribution in [0.5, 0.6) is 0 Å². The highest BCUT2D eigenvalue weighted by Gasteiger charge is 2.23. The van der Waals surface area contributed by atoms with E-state index < -0.39 is 22.9 Å². The summed E-state index contributed by atoms with van der Waals surface area (Å²) in [5, 5.41) is 13.3. The molecule has 0 aliphatic heterocycles. The van der Waals surface area contributed by atoms with E-state index in [1.165, 1.54) is 24.6 Å². The van der Waals surface area contributed by atoms with Gasteiger partial charge in [-0.1, -0.05) is 41.7 Å². The molecule has 7 nitrogen and oxygen atoms in total. The van der Waals surface area contributed by atoms with E-state index in [1.54, 1.807) is 0 Å². The van der Waals surface area contributed by atoms with Crippen LogP contribution in [0.4, 0.5) is 5.00 Å². The number of carbonyl (C=O) groups excluding carboxylic acids is 2. The Morgan fingerprint density at radius 3 is 2.50 bits per heavy atom. The van der Waals surface area contributed by atoms with Crippen molar-refractivity contribution in [2.24, 2.45) is 0 Å². The molecular formula is C18H20N2O5S. The Labute approximate surface area is 155 Å². The zero-order valence-electron chi connectivity index (χ0n) is 14.5. The summed E-state index contributed by atoms with van der Waals surface area (Å²) in [5.74, 6) is -1.15. The van der Waals surface area contributed by atoms with Crippen molar-refractivity contribution in [3.8, 4) is 0 Å². The van der Waals surface area contributed by atoms with E-state index >= 15 is 0 Å². The fourth-order valence-electron chi connectivity index (χ4n) is 2.27. The van der Waals surface area contributed by atoms with E-state index in [0.29, 0.717) is 0 Å². The molecule has 1 aromatic carbocycles. The smallest absolute Gasteiger partial charge is 0.349 e. The zero-order valence-corrected chi connectivity index (χ0v) is 15.3. The molecule has 138 valence electrons. The number of esters is 1. The van der Waals surface area contributed by atoms with Gasteiger partial charge in [-0.3, -0.25) is 14.9 Å². The van der Waals surface area contributed by atoms with Gasteiger partial charge in [-0.2, -0.15) is 0 Å². The third-order valence-corrected chi connectivity index (χ3v) is 4.74. The van der Waals surface area contributed by atoms with Gasteiger partial charge in [0.25, 0.3) is 5.91 Å². The Balaban J connectivity index is 1.80. The quantitative estimate of drug-likeness (QED) is 0.433. The molecule has 2 aromatic rings. The van der Waals surface area contributed by atoms with Crippen LogP contribution in [-0.4, -0.2) is 28.9 Å². The Bertz CT molecular complexity index is 775. The summed E-state index contributed by atoms with van der Waals surface area (Å²) in [6.07, 6.45) is 0.603. The number of hydrogen-bond donors (Lipinski definition) is 1. The lowest BCUT2D eigenvalue weighted by molar-refractivity contribution is -0.380. The first-order chi connectivity index (χ1) is 12.4. The first-order valence-corrected chi connectivity index (χ1v) is 8.98. The number of nitrogens with zero attached hydrogens (tertiary/aromatic N) is 1. The second-order valence-corrected chi connectivity index (χ2v) is 6.94. The van der Waals surface area contributed by atoms with Gasteiger partial charge in [-0.25, -0.2) is 4.79 Å². The molecule has 8 heteroatoms. The molecule has 0 radical (unpaired) electrons. The monoisotopic (exact) mass is 376 g/mol. The number of hydrogen-bond acceptors (Lipinski definition) is 6. The Morgan fingerprint density at radius 1 is 1.19 bits per heavy atom. The number of rotatable bonds is 8. The third kappa shape index (κ3) is 5.66. The molecule has 0 saturated carbocycles. The van der Waals surface area contributed by atoms with Crippen molar-refractivity contribution in [3.63, 3.8) is 0 Å². The number of benzene rings is 1. The molecule has 0 saturated heterocycles. The van der Waals surface area contributed by atoms with Gasteiger partial charge >= 0.3 is 11.0 Å². The molecule has 1 N–H and O–H groups in total. The minimum atomic E-state index is -0.983. The second kappa shape index (κ2) is 9.10. The minimum Gasteiger partial charge on any atom is -0.448 e. The van der Waals surface area contributed by atoms with Gasteiger partial charge in [-0.15, -0.1) is 0 Å². The summed E-state index contributed by atoms with van der Waals surface area (Å²) >= 11 is 0.717. The maximum atomic E-state index is 12.2. The molecule has 2 atom stereocenters. The van der Waals surface area contributed by atoms with Gasteiger partial charge in [0, 0.05) is 12.1 Å². The second-order valence-electron chi connectivity index (χ2n) is 5.88. The fraction of sp³-hybridized carbons (Fsp3) is 0.333. The van der Waals surface area contributed by atoms with Gasteiger partial charge in [0.1, 0.15) is 4.88 Å². The first-order valence-electron chi connectivity index (χ1n) is 8.16. The van der Waals surface area contributed by atoms with Crippen molar-refractivity contribution in [1.29, 1.82) is 0 Å². The summed E-state index contributed by atoms with van der Waals surface area (Å²) in [5.41, 5.74) is 1.19. The summed E-state index contributed by atoms with van der Waals surface area (Å²) < 4.78 is 5.09. The summed E-state index contributed by atoms with van der Waals surface area (Å²) in [6, 6.07) is 12.4. The number of aryl methyl sites for hydroxylation is 1. The molecular weight excluding hydrogens is 356 g/mol. The predicted molar refractivity (Wildman–Crippen MR) is 98.2 cm³/mol. The van der Waals surface area contributed by atoms with Crippen LogP contribution in [0.2, 0.25) is 0 Å². The normalized spacial score (nSPS) is 12.8. The van der Waals surface area contributed by atoms with Gasteiger partial charge < -0.3 is 10.1 Å². The van der Waals surface area contributed by atoms with Crippen LogP contribution in [0.25, 0.3) is 0 Å². The predicted octanol–water partition coefficient (Wildman–Crippen LogP) is 3.34. The van der Waals surface area contributed by atoms with Crippen LogP contribution in [0.3, 0.4) is 0 Å². The number of carbonyl (C=O) groups is 2. The zero-order chi connectivity index (χ0) is 19.1. The minimum absolute atomic E-state index is 0.0771. The summed E-state index contributed by atoms with van der Waals surface area (Å²) in [4.78, 5) is 34.3. The lowest BCUT2D eigenvalue weighted by Gasteiger charge is -2.17. The molecule has 0 aliphatic rings. The molecule has 1 amide bonds. The van der Waals surface area contributed by atoms with Crippen LogP contribution in [-0.2, 0) is 16.0 Å². The lowest BCUT2D eigenvalue weighted by Crippen LogP contribution is -2.40. The van der Waals surface area contributed by atoms with Crippen LogP contribution in [0.15, 0.2) is 42.5 Å². The molecule has 0 bridgehead atoms. The molecule has 0 fully saturated rings. The third-order valence-electron chi connectivity index (χ3n) is 3.72. The fourth-order valence-corrected chi connectivity index (χ4v) is 2.97. The Hall–Kier alpha value is -2.74. The van der Waals surface area contributed by atoms with Crippen molar-refractivity contribution in [2.45, 2.75) is 38.8 Å². The van der Waals surface area contributed by atoms with Gasteiger partial charge in [0.15, 0.2) is 6.10 Å². The number of ether oxygens (including phenoxy) is 1. The average molecular weight is 376 g/mol. The number of amides is 1.